The average Bonchev–Trinajstić information content (AvgIpc) is 2.26. The van der Waals surface area contributed by atoms with Crippen molar-refractivity contribution in [2.75, 3.05) is 0 Å². The summed E-state index contributed by atoms with van der Waals surface area (Å²) >= 11 is 0. The maximum atomic E-state index is 11.5. The topological polar surface area (TPSA) is 110 Å². The molecule has 102 valence electrons. The summed E-state index contributed by atoms with van der Waals surface area (Å²) in [6, 6.07) is 0.861. The third-order valence-electron chi connectivity index (χ3n) is 2.39. The molecule has 6 nitrogen and oxygen atoms in total. The van der Waals surface area contributed by atoms with Crippen LogP contribution >= 0.6 is 0 Å². The van der Waals surface area contributed by atoms with Gasteiger partial charge in [0, 0.05) is 6.42 Å². The zero-order valence-electron chi connectivity index (χ0n) is 10.7. The Morgan fingerprint density at radius 3 is 2.44 bits per heavy atom. The number of unbranched alkanes of at least 4 members (excludes halogenated alkanes) is 1. The van der Waals surface area contributed by atoms with E-state index in [1.54, 1.807) is 0 Å². The van der Waals surface area contributed by atoms with Crippen molar-refractivity contribution in [2.24, 2.45) is 5.92 Å². The molecule has 18 heavy (non-hydrogen) atoms. The number of nitrogens with zero attached hydrogens (tertiary/aromatic N) is 1. The molecule has 0 aromatic rings. The normalized spacial score (nSPS) is 13.7. The largest absolute Gasteiger partial charge is 0.480 e. The van der Waals surface area contributed by atoms with Crippen molar-refractivity contribution in [1.29, 1.82) is 5.26 Å². The van der Waals surface area contributed by atoms with Gasteiger partial charge in [-0.2, -0.15) is 5.26 Å². The lowest BCUT2D eigenvalue weighted by atomic mass is 10.0. The van der Waals surface area contributed by atoms with Crippen LogP contribution in [0.3, 0.4) is 0 Å². The van der Waals surface area contributed by atoms with Crippen LogP contribution in [0.2, 0.25) is 0 Å². The number of aliphatic carboxylic acids is 1. The van der Waals surface area contributed by atoms with Crippen molar-refractivity contribution in [3.8, 4) is 6.07 Å². The molecular weight excluding hydrogens is 236 g/mol. The van der Waals surface area contributed by atoms with Gasteiger partial charge < -0.3 is 15.5 Å². The number of carbonyl (C=O) groups is 2. The summed E-state index contributed by atoms with van der Waals surface area (Å²) in [5, 5.41) is 29.1. The first-order valence-corrected chi connectivity index (χ1v) is 5.96. The van der Waals surface area contributed by atoms with Crippen LogP contribution in [0.1, 0.15) is 39.5 Å². The van der Waals surface area contributed by atoms with Crippen LogP contribution in [0, 0.1) is 17.2 Å². The highest BCUT2D eigenvalue weighted by atomic mass is 16.4. The molecule has 0 fully saturated rings. The van der Waals surface area contributed by atoms with Crippen molar-refractivity contribution in [2.45, 2.75) is 51.7 Å². The van der Waals surface area contributed by atoms with Gasteiger partial charge in [0.15, 0.2) is 0 Å². The number of nitrogens with one attached hydrogen (secondary N) is 1. The minimum absolute atomic E-state index is 0.146. The average molecular weight is 256 g/mol. The Kier molecular flexibility index (Phi) is 7.72. The number of rotatable bonds is 8. The van der Waals surface area contributed by atoms with Gasteiger partial charge in [-0.1, -0.05) is 13.8 Å². The van der Waals surface area contributed by atoms with Crippen LogP contribution in [-0.4, -0.2) is 34.2 Å². The monoisotopic (exact) mass is 256 g/mol. The van der Waals surface area contributed by atoms with Gasteiger partial charge >= 0.3 is 5.97 Å². The quantitative estimate of drug-likeness (QED) is 0.552. The van der Waals surface area contributed by atoms with Gasteiger partial charge in [0.2, 0.25) is 5.91 Å². The van der Waals surface area contributed by atoms with E-state index < -0.39 is 24.0 Å². The summed E-state index contributed by atoms with van der Waals surface area (Å²) in [6.07, 6.45) is -0.0791. The van der Waals surface area contributed by atoms with E-state index in [0.29, 0.717) is 6.42 Å². The van der Waals surface area contributed by atoms with Gasteiger partial charge in [0.05, 0.1) is 6.07 Å². The Morgan fingerprint density at radius 2 is 2.00 bits per heavy atom. The lowest BCUT2D eigenvalue weighted by molar-refractivity contribution is -0.143. The van der Waals surface area contributed by atoms with E-state index in [1.165, 1.54) is 0 Å². The lowest BCUT2D eigenvalue weighted by Gasteiger charge is -2.17. The third kappa shape index (κ3) is 6.86. The Balaban J connectivity index is 4.27. The minimum atomic E-state index is -1.19. The van der Waals surface area contributed by atoms with E-state index in [-0.39, 0.29) is 25.2 Å². The number of amides is 1. The number of hydrogen-bond acceptors (Lipinski definition) is 4. The Bertz CT molecular complexity index is 323. The number of carboxylic acids is 1. The number of hydrogen-bond donors (Lipinski definition) is 3. The SMILES string of the molecule is CC(C)C[C@H](O)C(=O)N[C@H](CCCC#N)C(=O)O. The molecule has 0 bridgehead atoms. The molecule has 0 spiro atoms. The van der Waals surface area contributed by atoms with E-state index in [1.807, 2.05) is 19.9 Å². The fourth-order valence-corrected chi connectivity index (χ4v) is 1.46. The second-order valence-electron chi connectivity index (χ2n) is 4.60. The second-order valence-corrected chi connectivity index (χ2v) is 4.60. The van der Waals surface area contributed by atoms with Crippen LogP contribution in [0.4, 0.5) is 0 Å². The first-order valence-electron chi connectivity index (χ1n) is 5.96. The maximum absolute atomic E-state index is 11.5. The molecule has 0 aliphatic carbocycles. The molecule has 0 aromatic carbocycles. The summed E-state index contributed by atoms with van der Waals surface area (Å²) in [4.78, 5) is 22.4. The van der Waals surface area contributed by atoms with Crippen molar-refractivity contribution < 1.29 is 19.8 Å². The zero-order chi connectivity index (χ0) is 14.1. The molecule has 0 heterocycles. The summed E-state index contributed by atoms with van der Waals surface area (Å²) in [5.41, 5.74) is 0. The van der Waals surface area contributed by atoms with Crippen molar-refractivity contribution >= 4 is 11.9 Å². The van der Waals surface area contributed by atoms with Gasteiger partial charge in [-0.25, -0.2) is 4.79 Å². The highest BCUT2D eigenvalue weighted by molar-refractivity contribution is 5.86. The number of aliphatic hydroxyl groups excluding tert-OH is 1. The van der Waals surface area contributed by atoms with E-state index in [9.17, 15) is 14.7 Å². The molecule has 2 atom stereocenters. The molecule has 6 heteroatoms. The number of carboxylic acid groups (broad SMARTS) is 1. The smallest absolute Gasteiger partial charge is 0.326 e. The minimum Gasteiger partial charge on any atom is -0.480 e. The molecule has 0 rings (SSSR count). The Morgan fingerprint density at radius 1 is 1.39 bits per heavy atom. The van der Waals surface area contributed by atoms with Crippen molar-refractivity contribution in [1.82, 2.24) is 5.32 Å². The molecule has 0 unspecified atom stereocenters. The highest BCUT2D eigenvalue weighted by Crippen LogP contribution is 2.06. The Hall–Kier alpha value is -1.61. The molecular formula is C12H20N2O4. The van der Waals surface area contributed by atoms with E-state index in [0.717, 1.165) is 0 Å². The van der Waals surface area contributed by atoms with Crippen LogP contribution < -0.4 is 5.32 Å². The highest BCUT2D eigenvalue weighted by Gasteiger charge is 2.23. The lowest BCUT2D eigenvalue weighted by Crippen LogP contribution is -2.45. The summed E-state index contributed by atoms with van der Waals surface area (Å²) in [5.74, 6) is -1.68. The molecule has 0 radical (unpaired) electrons. The molecule has 1 amide bonds. The standard InChI is InChI=1S/C12H20N2O4/c1-8(2)7-10(15)11(16)14-9(12(17)18)5-3-4-6-13/h8-10,15H,3-5,7H2,1-2H3,(H,14,16)(H,17,18)/t9-,10+/m1/s1. The van der Waals surface area contributed by atoms with Crippen LogP contribution in [0.25, 0.3) is 0 Å². The predicted molar refractivity (Wildman–Crippen MR) is 64.5 cm³/mol. The number of nitriles is 1. The van der Waals surface area contributed by atoms with Crippen LogP contribution in [-0.2, 0) is 9.59 Å². The van der Waals surface area contributed by atoms with E-state index >= 15 is 0 Å². The molecule has 0 aliphatic heterocycles. The molecule has 0 saturated carbocycles. The fourth-order valence-electron chi connectivity index (χ4n) is 1.46. The molecule has 0 aliphatic rings. The van der Waals surface area contributed by atoms with Crippen LogP contribution in [0.15, 0.2) is 0 Å². The predicted octanol–water partition coefficient (Wildman–Crippen LogP) is 0.657. The first kappa shape index (κ1) is 16.4. The van der Waals surface area contributed by atoms with Gasteiger partial charge in [0.25, 0.3) is 0 Å². The number of carbonyl (C=O) groups excluding carboxylic acids is 1. The molecule has 0 saturated heterocycles. The van der Waals surface area contributed by atoms with Gasteiger partial charge in [-0.15, -0.1) is 0 Å². The van der Waals surface area contributed by atoms with Crippen molar-refractivity contribution in [3.63, 3.8) is 0 Å². The molecule has 0 aromatic heterocycles. The summed E-state index contributed by atoms with van der Waals surface area (Å²) in [6.45, 7) is 3.72. The number of aliphatic hydroxyl groups is 1. The summed E-state index contributed by atoms with van der Waals surface area (Å²) in [7, 11) is 0. The first-order chi connectivity index (χ1) is 8.38. The van der Waals surface area contributed by atoms with Gasteiger partial charge in [-0.05, 0) is 25.2 Å². The van der Waals surface area contributed by atoms with Crippen LogP contribution in [0.5, 0.6) is 0 Å². The third-order valence-corrected chi connectivity index (χ3v) is 2.39. The molecule has 3 N–H and O–H groups in total. The van der Waals surface area contributed by atoms with Crippen molar-refractivity contribution in [3.05, 3.63) is 0 Å². The van der Waals surface area contributed by atoms with E-state index in [4.69, 9.17) is 10.4 Å². The summed E-state index contributed by atoms with van der Waals surface area (Å²) < 4.78 is 0. The van der Waals surface area contributed by atoms with E-state index in [2.05, 4.69) is 5.32 Å². The zero-order valence-corrected chi connectivity index (χ0v) is 10.7. The second kappa shape index (κ2) is 8.48. The van der Waals surface area contributed by atoms with Gasteiger partial charge in [-0.3, -0.25) is 4.79 Å². The fraction of sp³-hybridized carbons (Fsp3) is 0.750. The Labute approximate surface area is 107 Å². The maximum Gasteiger partial charge on any atom is 0.326 e. The van der Waals surface area contributed by atoms with Gasteiger partial charge in [0.1, 0.15) is 12.1 Å².